The quantitative estimate of drug-likeness (QED) is 0.152. The van der Waals surface area contributed by atoms with Gasteiger partial charge in [0.15, 0.2) is 6.29 Å². The van der Waals surface area contributed by atoms with Gasteiger partial charge < -0.3 is 10.2 Å². The van der Waals surface area contributed by atoms with Crippen molar-refractivity contribution in [3.63, 3.8) is 0 Å². The molecule has 4 atom stereocenters. The molecule has 0 aliphatic carbocycles. The standard InChI is InChI=1S/C20H33N2O7/c1-2-17(21(26)27)19(24)14-10-11-15-20(25)18(22(28)29)13-9-7-5-3-4-6-8-12-16-23/h7,9-11,17-20,24-25H,2-6,8,12-15H2,1H3/b9-7-,11-10-. The van der Waals surface area contributed by atoms with E-state index in [1.807, 2.05) is 12.4 Å². The maximum absolute atomic E-state index is 11.2. The molecule has 0 fully saturated rings. The average molecular weight is 413 g/mol. The highest BCUT2D eigenvalue weighted by Crippen LogP contribution is 2.12. The SMILES string of the molecule is CCC(C(O)C/C=C\CC(O)C(C/C=C\CCCCCC[C]=O)[N+](=O)[O-])[N+](=O)[O-]. The Morgan fingerprint density at radius 3 is 1.86 bits per heavy atom. The second-order valence-corrected chi connectivity index (χ2v) is 7.00. The highest BCUT2D eigenvalue weighted by molar-refractivity contribution is 5.50. The zero-order valence-electron chi connectivity index (χ0n) is 17.0. The van der Waals surface area contributed by atoms with Crippen LogP contribution in [-0.2, 0) is 4.79 Å². The predicted molar refractivity (Wildman–Crippen MR) is 109 cm³/mol. The number of nitro groups is 2. The van der Waals surface area contributed by atoms with Crippen molar-refractivity contribution in [3.8, 4) is 0 Å². The van der Waals surface area contributed by atoms with Crippen LogP contribution >= 0.6 is 0 Å². The van der Waals surface area contributed by atoms with Crippen LogP contribution in [0.15, 0.2) is 24.3 Å². The minimum Gasteiger partial charge on any atom is -0.386 e. The average Bonchev–Trinajstić information content (AvgIpc) is 2.66. The van der Waals surface area contributed by atoms with E-state index in [0.717, 1.165) is 32.1 Å². The third-order valence-electron chi connectivity index (χ3n) is 4.71. The van der Waals surface area contributed by atoms with Crippen molar-refractivity contribution in [1.82, 2.24) is 0 Å². The molecule has 0 saturated heterocycles. The lowest BCUT2D eigenvalue weighted by Crippen LogP contribution is -2.33. The molecule has 2 N–H and O–H groups in total. The van der Waals surface area contributed by atoms with Gasteiger partial charge in [0.25, 0.3) is 0 Å². The van der Waals surface area contributed by atoms with Gasteiger partial charge >= 0.3 is 0 Å². The Morgan fingerprint density at radius 1 is 0.828 bits per heavy atom. The summed E-state index contributed by atoms with van der Waals surface area (Å²) in [4.78, 5) is 31.0. The molecule has 9 heteroatoms. The van der Waals surface area contributed by atoms with E-state index >= 15 is 0 Å². The summed E-state index contributed by atoms with van der Waals surface area (Å²) in [6, 6.07) is -2.18. The van der Waals surface area contributed by atoms with E-state index in [9.17, 15) is 35.2 Å². The van der Waals surface area contributed by atoms with Crippen molar-refractivity contribution in [1.29, 1.82) is 0 Å². The van der Waals surface area contributed by atoms with E-state index in [1.54, 1.807) is 13.0 Å². The fourth-order valence-corrected chi connectivity index (χ4v) is 2.90. The first-order valence-corrected chi connectivity index (χ1v) is 10.1. The zero-order chi connectivity index (χ0) is 22.1. The third-order valence-corrected chi connectivity index (χ3v) is 4.71. The lowest BCUT2D eigenvalue weighted by Gasteiger charge is -2.14. The van der Waals surface area contributed by atoms with Crippen LogP contribution < -0.4 is 0 Å². The van der Waals surface area contributed by atoms with Crippen molar-refractivity contribution in [2.45, 2.75) is 95.4 Å². The molecule has 0 saturated carbocycles. The number of hydrogen-bond acceptors (Lipinski definition) is 7. The first-order chi connectivity index (χ1) is 13.8. The van der Waals surface area contributed by atoms with Crippen LogP contribution in [0.2, 0.25) is 0 Å². The second-order valence-electron chi connectivity index (χ2n) is 7.00. The van der Waals surface area contributed by atoms with Crippen LogP contribution in [0.3, 0.4) is 0 Å². The van der Waals surface area contributed by atoms with Crippen LogP contribution in [0.1, 0.15) is 71.1 Å². The largest absolute Gasteiger partial charge is 0.386 e. The third kappa shape index (κ3) is 12.8. The lowest BCUT2D eigenvalue weighted by molar-refractivity contribution is -0.534. The van der Waals surface area contributed by atoms with Crippen LogP contribution in [0.5, 0.6) is 0 Å². The second kappa shape index (κ2) is 16.8. The van der Waals surface area contributed by atoms with Crippen molar-refractivity contribution >= 4 is 6.29 Å². The zero-order valence-corrected chi connectivity index (χ0v) is 17.0. The number of aliphatic hydroxyl groups excluding tert-OH is 2. The maximum Gasteiger partial charge on any atom is 0.242 e. The van der Waals surface area contributed by atoms with Gasteiger partial charge in [-0.05, 0) is 32.1 Å². The van der Waals surface area contributed by atoms with Gasteiger partial charge in [0.05, 0.1) is 0 Å². The van der Waals surface area contributed by atoms with Gasteiger partial charge in [-0.2, -0.15) is 0 Å². The summed E-state index contributed by atoms with van der Waals surface area (Å²) in [5, 5.41) is 41.9. The molecule has 4 unspecified atom stereocenters. The highest BCUT2D eigenvalue weighted by atomic mass is 16.6. The molecule has 0 aliphatic heterocycles. The molecule has 0 aliphatic rings. The van der Waals surface area contributed by atoms with Crippen molar-refractivity contribution in [2.75, 3.05) is 0 Å². The van der Waals surface area contributed by atoms with Gasteiger partial charge in [0.2, 0.25) is 12.1 Å². The Balaban J connectivity index is 4.27. The number of allylic oxidation sites excluding steroid dienone is 1. The Kier molecular flexibility index (Phi) is 15.6. The molecule has 29 heavy (non-hydrogen) atoms. The predicted octanol–water partition coefficient (Wildman–Crippen LogP) is 3.14. The maximum atomic E-state index is 11.2. The van der Waals surface area contributed by atoms with E-state index in [0.29, 0.717) is 6.42 Å². The van der Waals surface area contributed by atoms with Gasteiger partial charge in [0, 0.05) is 29.1 Å². The number of carbonyl (C=O) groups excluding carboxylic acids is 1. The molecule has 0 aromatic carbocycles. The van der Waals surface area contributed by atoms with E-state index in [1.165, 1.54) is 12.2 Å². The van der Waals surface area contributed by atoms with Crippen molar-refractivity contribution < 1.29 is 24.9 Å². The number of hydrogen-bond donors (Lipinski definition) is 2. The molecule has 0 amide bonds. The molecule has 0 heterocycles. The minimum absolute atomic E-state index is 0.0369. The summed E-state index contributed by atoms with van der Waals surface area (Å²) < 4.78 is 0. The molecule has 0 bridgehead atoms. The fraction of sp³-hybridized carbons (Fsp3) is 0.750. The number of rotatable bonds is 18. The monoisotopic (exact) mass is 413 g/mol. The molecule has 0 spiro atoms. The van der Waals surface area contributed by atoms with Crippen molar-refractivity contribution in [3.05, 3.63) is 44.5 Å². The molecule has 0 aromatic heterocycles. The minimum atomic E-state index is -1.18. The first-order valence-electron chi connectivity index (χ1n) is 10.1. The van der Waals surface area contributed by atoms with Crippen molar-refractivity contribution in [2.24, 2.45) is 0 Å². The molecule has 0 rings (SSSR count). The molecule has 9 nitrogen and oxygen atoms in total. The van der Waals surface area contributed by atoms with Crippen LogP contribution in [0.25, 0.3) is 0 Å². The van der Waals surface area contributed by atoms with E-state index < -0.39 is 34.1 Å². The summed E-state index contributed by atoms with van der Waals surface area (Å²) in [6.07, 6.45) is 11.5. The number of aliphatic hydroxyl groups is 2. The Bertz CT molecular complexity index is 537. The topological polar surface area (TPSA) is 144 Å². The van der Waals surface area contributed by atoms with Gasteiger partial charge in [-0.3, -0.25) is 25.0 Å². The van der Waals surface area contributed by atoms with E-state index in [2.05, 4.69) is 0 Å². The Labute approximate surface area is 171 Å². The van der Waals surface area contributed by atoms with Gasteiger partial charge in [-0.1, -0.05) is 44.1 Å². The van der Waals surface area contributed by atoms with Crippen LogP contribution in [0.4, 0.5) is 0 Å². The van der Waals surface area contributed by atoms with Gasteiger partial charge in [-0.15, -0.1) is 0 Å². The molecular formula is C20H33N2O7. The van der Waals surface area contributed by atoms with Crippen LogP contribution in [0, 0.1) is 20.2 Å². The van der Waals surface area contributed by atoms with Crippen LogP contribution in [-0.4, -0.2) is 50.6 Å². The molecule has 1 radical (unpaired) electrons. The Hall–Kier alpha value is -2.13. The van der Waals surface area contributed by atoms with E-state index in [4.69, 9.17) is 0 Å². The number of unbranched alkanes of at least 4 members (excludes halogenated alkanes) is 5. The Morgan fingerprint density at radius 2 is 1.34 bits per heavy atom. The molecule has 165 valence electrons. The van der Waals surface area contributed by atoms with Gasteiger partial charge in [-0.25, -0.2) is 0 Å². The summed E-state index contributed by atoms with van der Waals surface area (Å²) in [6.45, 7) is 1.62. The smallest absolute Gasteiger partial charge is 0.242 e. The normalized spacial score (nSPS) is 16.0. The highest BCUT2D eigenvalue weighted by Gasteiger charge is 2.28. The summed E-state index contributed by atoms with van der Waals surface area (Å²) in [5.74, 6) is 0. The first kappa shape index (κ1) is 26.9. The summed E-state index contributed by atoms with van der Waals surface area (Å²) in [7, 11) is 0. The number of nitrogens with zero attached hydrogens (tertiary/aromatic N) is 2. The summed E-state index contributed by atoms with van der Waals surface area (Å²) in [5.41, 5.74) is 0. The lowest BCUT2D eigenvalue weighted by atomic mass is 10.0. The van der Waals surface area contributed by atoms with Gasteiger partial charge in [0.1, 0.15) is 12.2 Å². The summed E-state index contributed by atoms with van der Waals surface area (Å²) >= 11 is 0. The van der Waals surface area contributed by atoms with E-state index in [-0.39, 0.29) is 25.7 Å². The molecule has 0 aromatic rings. The fourth-order valence-electron chi connectivity index (χ4n) is 2.90. The molecular weight excluding hydrogens is 380 g/mol.